The van der Waals surface area contributed by atoms with Crippen LogP contribution < -0.4 is 4.90 Å². The van der Waals surface area contributed by atoms with Crippen LogP contribution in [0.2, 0.25) is 0 Å². The molecule has 2 saturated heterocycles. The molecule has 2 unspecified atom stereocenters. The minimum atomic E-state index is -0.890. The van der Waals surface area contributed by atoms with Gasteiger partial charge in [0.25, 0.3) is 0 Å². The SMILES string of the molecule is CC1CN2CCCCC2CN1c1ccc(C(=O)O)c(Br)c1. The van der Waals surface area contributed by atoms with Crippen LogP contribution in [0.4, 0.5) is 5.69 Å². The van der Waals surface area contributed by atoms with E-state index in [4.69, 9.17) is 5.11 Å². The lowest BCUT2D eigenvalue weighted by atomic mass is 9.96. The van der Waals surface area contributed by atoms with Crippen molar-refractivity contribution in [2.75, 3.05) is 24.5 Å². The van der Waals surface area contributed by atoms with Gasteiger partial charge in [0.05, 0.1) is 5.56 Å². The van der Waals surface area contributed by atoms with Crippen molar-refractivity contribution in [1.82, 2.24) is 4.90 Å². The topological polar surface area (TPSA) is 43.8 Å². The summed E-state index contributed by atoms with van der Waals surface area (Å²) in [7, 11) is 0. The van der Waals surface area contributed by atoms with Crippen LogP contribution in [0.1, 0.15) is 36.5 Å². The highest BCUT2D eigenvalue weighted by atomic mass is 79.9. The summed E-state index contributed by atoms with van der Waals surface area (Å²) in [4.78, 5) is 16.1. The van der Waals surface area contributed by atoms with Crippen molar-refractivity contribution in [3.63, 3.8) is 0 Å². The molecule has 0 radical (unpaired) electrons. The fourth-order valence-electron chi connectivity index (χ4n) is 3.57. The number of carboxylic acids is 1. The van der Waals surface area contributed by atoms with Gasteiger partial charge in [-0.1, -0.05) is 6.42 Å². The van der Waals surface area contributed by atoms with Crippen molar-refractivity contribution in [2.24, 2.45) is 0 Å². The van der Waals surface area contributed by atoms with Crippen LogP contribution in [0.15, 0.2) is 22.7 Å². The van der Waals surface area contributed by atoms with Gasteiger partial charge in [-0.05, 0) is 60.4 Å². The van der Waals surface area contributed by atoms with Crippen molar-refractivity contribution in [3.8, 4) is 0 Å². The number of hydrogen-bond donors (Lipinski definition) is 1. The van der Waals surface area contributed by atoms with Crippen molar-refractivity contribution in [3.05, 3.63) is 28.2 Å². The summed E-state index contributed by atoms with van der Waals surface area (Å²) in [5, 5.41) is 9.12. The van der Waals surface area contributed by atoms with Gasteiger partial charge in [0.15, 0.2) is 0 Å². The molecule has 1 aromatic rings. The van der Waals surface area contributed by atoms with Gasteiger partial charge >= 0.3 is 5.97 Å². The van der Waals surface area contributed by atoms with E-state index < -0.39 is 5.97 Å². The molecule has 0 saturated carbocycles. The van der Waals surface area contributed by atoms with Crippen LogP contribution >= 0.6 is 15.9 Å². The number of anilines is 1. The van der Waals surface area contributed by atoms with E-state index in [2.05, 4.69) is 32.7 Å². The predicted molar refractivity (Wildman–Crippen MR) is 87.1 cm³/mol. The first-order valence-corrected chi connectivity index (χ1v) is 8.39. The Balaban J connectivity index is 1.82. The number of nitrogens with zero attached hydrogens (tertiary/aromatic N) is 2. The molecule has 114 valence electrons. The number of hydrogen-bond acceptors (Lipinski definition) is 3. The molecular weight excluding hydrogens is 332 g/mol. The fourth-order valence-corrected chi connectivity index (χ4v) is 4.10. The van der Waals surface area contributed by atoms with Gasteiger partial charge in [0, 0.05) is 35.3 Å². The lowest BCUT2D eigenvalue weighted by Gasteiger charge is -2.48. The maximum absolute atomic E-state index is 11.1. The van der Waals surface area contributed by atoms with E-state index in [9.17, 15) is 4.79 Å². The molecule has 0 spiro atoms. The van der Waals surface area contributed by atoms with Gasteiger partial charge < -0.3 is 10.0 Å². The zero-order valence-electron chi connectivity index (χ0n) is 12.3. The molecule has 1 N–H and O–H groups in total. The first kappa shape index (κ1) is 14.9. The van der Waals surface area contributed by atoms with Crippen molar-refractivity contribution in [1.29, 1.82) is 0 Å². The standard InChI is InChI=1S/C16H21BrN2O2/c1-11-9-18-7-3-2-4-13(18)10-19(11)12-5-6-14(16(20)21)15(17)8-12/h5-6,8,11,13H,2-4,7,9-10H2,1H3,(H,20,21). The maximum atomic E-state index is 11.1. The Bertz CT molecular complexity index is 549. The first-order valence-electron chi connectivity index (χ1n) is 7.60. The van der Waals surface area contributed by atoms with Gasteiger partial charge in [-0.15, -0.1) is 0 Å². The summed E-state index contributed by atoms with van der Waals surface area (Å²) in [6.45, 7) is 5.62. The third-order valence-electron chi connectivity index (χ3n) is 4.70. The molecule has 0 aromatic heterocycles. The first-order chi connectivity index (χ1) is 10.1. The number of rotatable bonds is 2. The highest BCUT2D eigenvalue weighted by Crippen LogP contribution is 2.30. The molecule has 5 heteroatoms. The molecule has 0 amide bonds. The summed E-state index contributed by atoms with van der Waals surface area (Å²) in [5.41, 5.74) is 1.44. The summed E-state index contributed by atoms with van der Waals surface area (Å²) in [6, 6.07) is 6.68. The van der Waals surface area contributed by atoms with E-state index in [0.717, 1.165) is 18.8 Å². The summed E-state index contributed by atoms with van der Waals surface area (Å²) in [5.74, 6) is -0.890. The monoisotopic (exact) mass is 352 g/mol. The second-order valence-corrected chi connectivity index (χ2v) is 6.97. The van der Waals surface area contributed by atoms with Gasteiger partial charge in [0.2, 0.25) is 0 Å². The largest absolute Gasteiger partial charge is 0.478 e. The molecule has 3 rings (SSSR count). The Morgan fingerprint density at radius 2 is 2.14 bits per heavy atom. The molecule has 0 aliphatic carbocycles. The second-order valence-electron chi connectivity index (χ2n) is 6.12. The lowest BCUT2D eigenvalue weighted by molar-refractivity contribution is 0.0696. The zero-order chi connectivity index (χ0) is 15.0. The molecule has 21 heavy (non-hydrogen) atoms. The molecule has 2 aliphatic heterocycles. The van der Waals surface area contributed by atoms with E-state index in [0.29, 0.717) is 22.1 Å². The Labute approximate surface area is 133 Å². The van der Waals surface area contributed by atoms with E-state index in [1.165, 1.54) is 25.8 Å². The molecule has 2 aliphatic rings. The fraction of sp³-hybridized carbons (Fsp3) is 0.562. The quantitative estimate of drug-likeness (QED) is 0.887. The van der Waals surface area contributed by atoms with Gasteiger partial charge in [-0.3, -0.25) is 4.90 Å². The predicted octanol–water partition coefficient (Wildman–Crippen LogP) is 3.21. The summed E-state index contributed by atoms with van der Waals surface area (Å²) < 4.78 is 0.658. The summed E-state index contributed by atoms with van der Waals surface area (Å²) >= 11 is 3.39. The average molecular weight is 353 g/mol. The minimum absolute atomic E-state index is 0.322. The lowest BCUT2D eigenvalue weighted by Crippen LogP contribution is -2.58. The highest BCUT2D eigenvalue weighted by molar-refractivity contribution is 9.10. The third-order valence-corrected chi connectivity index (χ3v) is 5.36. The summed E-state index contributed by atoms with van der Waals surface area (Å²) in [6.07, 6.45) is 3.92. The van der Waals surface area contributed by atoms with Crippen LogP contribution in [0.3, 0.4) is 0 Å². The minimum Gasteiger partial charge on any atom is -0.478 e. The Morgan fingerprint density at radius 3 is 2.86 bits per heavy atom. The van der Waals surface area contributed by atoms with Crippen LogP contribution in [0.25, 0.3) is 0 Å². The van der Waals surface area contributed by atoms with Crippen molar-refractivity contribution in [2.45, 2.75) is 38.3 Å². The molecule has 2 fully saturated rings. The molecule has 2 heterocycles. The van der Waals surface area contributed by atoms with Crippen LogP contribution in [0.5, 0.6) is 0 Å². The number of piperazine rings is 1. The molecule has 0 bridgehead atoms. The van der Waals surface area contributed by atoms with Crippen molar-refractivity contribution < 1.29 is 9.90 Å². The van der Waals surface area contributed by atoms with Gasteiger partial charge in [-0.25, -0.2) is 4.79 Å². The van der Waals surface area contributed by atoms with Crippen LogP contribution in [-0.4, -0.2) is 47.7 Å². The number of benzene rings is 1. The van der Waals surface area contributed by atoms with Crippen molar-refractivity contribution >= 4 is 27.6 Å². The average Bonchev–Trinajstić information content (AvgIpc) is 2.46. The van der Waals surface area contributed by atoms with Gasteiger partial charge in [0.1, 0.15) is 0 Å². The number of aromatic carboxylic acids is 1. The number of halogens is 1. The van der Waals surface area contributed by atoms with E-state index in [-0.39, 0.29) is 0 Å². The Morgan fingerprint density at radius 1 is 1.33 bits per heavy atom. The Hall–Kier alpha value is -1.07. The second kappa shape index (κ2) is 5.97. The number of carbonyl (C=O) groups is 1. The normalized spacial score (nSPS) is 26.5. The Kier molecular flexibility index (Phi) is 4.22. The third kappa shape index (κ3) is 2.94. The zero-order valence-corrected chi connectivity index (χ0v) is 13.8. The van der Waals surface area contributed by atoms with E-state index in [1.54, 1.807) is 6.07 Å². The van der Waals surface area contributed by atoms with Crippen LogP contribution in [0, 0.1) is 0 Å². The maximum Gasteiger partial charge on any atom is 0.336 e. The van der Waals surface area contributed by atoms with E-state index in [1.807, 2.05) is 12.1 Å². The van der Waals surface area contributed by atoms with Gasteiger partial charge in [-0.2, -0.15) is 0 Å². The molecule has 1 aromatic carbocycles. The molecule has 4 nitrogen and oxygen atoms in total. The molecule has 2 atom stereocenters. The number of fused-ring (bicyclic) bond motifs is 1. The number of piperidine rings is 1. The van der Waals surface area contributed by atoms with Crippen LogP contribution in [-0.2, 0) is 0 Å². The molecular formula is C16H21BrN2O2. The van der Waals surface area contributed by atoms with E-state index >= 15 is 0 Å². The highest BCUT2D eigenvalue weighted by Gasteiger charge is 2.33. The smallest absolute Gasteiger partial charge is 0.336 e. The number of carboxylic acid groups (broad SMARTS) is 1.